The number of imidazole rings is 1. The molecule has 1 saturated carbocycles. The first-order chi connectivity index (χ1) is 20.5. The Morgan fingerprint density at radius 2 is 1.93 bits per heavy atom. The highest BCUT2D eigenvalue weighted by atomic mass is 16.6. The molecule has 11 heteroatoms. The molecule has 11 nitrogen and oxygen atoms in total. The van der Waals surface area contributed by atoms with Gasteiger partial charge in [-0.2, -0.15) is 0 Å². The van der Waals surface area contributed by atoms with Crippen LogP contribution in [-0.2, 0) is 27.9 Å². The summed E-state index contributed by atoms with van der Waals surface area (Å²) >= 11 is 0. The van der Waals surface area contributed by atoms with Crippen LogP contribution in [0, 0.1) is 5.92 Å². The van der Waals surface area contributed by atoms with Crippen molar-refractivity contribution in [3.05, 3.63) is 60.8 Å². The van der Waals surface area contributed by atoms with E-state index in [1.807, 2.05) is 29.9 Å². The molecule has 43 heavy (non-hydrogen) atoms. The lowest BCUT2D eigenvalue weighted by molar-refractivity contribution is -0.143. The van der Waals surface area contributed by atoms with Gasteiger partial charge in [0.05, 0.1) is 29.3 Å². The number of hydrogen-bond acceptors (Lipinski definition) is 7. The SMILES string of the molecule is C=CC(=O)O[C@H]1CN(C(=O)OC(C)(C)C)C[C@H]1NC(=O)c1ccc2c(c1)nc(-c1cc3cccnc3n1CC1CC1)n2C. The van der Waals surface area contributed by atoms with Crippen molar-refractivity contribution in [2.75, 3.05) is 13.1 Å². The minimum Gasteiger partial charge on any atom is -0.455 e. The molecule has 3 aromatic heterocycles. The van der Waals surface area contributed by atoms with E-state index in [1.165, 1.54) is 17.7 Å². The van der Waals surface area contributed by atoms with Gasteiger partial charge in [-0.05, 0) is 75.9 Å². The molecule has 2 fully saturated rings. The number of aromatic nitrogens is 4. The molecule has 1 saturated heterocycles. The van der Waals surface area contributed by atoms with Gasteiger partial charge in [0.2, 0.25) is 0 Å². The van der Waals surface area contributed by atoms with Crippen LogP contribution < -0.4 is 5.32 Å². The van der Waals surface area contributed by atoms with Crippen molar-refractivity contribution in [3.8, 4) is 11.5 Å². The number of rotatable bonds is 7. The number of carbonyl (C=O) groups is 3. The molecule has 6 rings (SSSR count). The lowest BCUT2D eigenvalue weighted by Crippen LogP contribution is -2.44. The molecule has 2 amide bonds. The molecule has 0 radical (unpaired) electrons. The summed E-state index contributed by atoms with van der Waals surface area (Å²) in [5.74, 6) is 0.452. The largest absolute Gasteiger partial charge is 0.455 e. The van der Waals surface area contributed by atoms with Crippen molar-refractivity contribution in [3.63, 3.8) is 0 Å². The van der Waals surface area contributed by atoms with E-state index in [0.29, 0.717) is 17.0 Å². The average Bonchev–Trinajstić information content (AvgIpc) is 3.47. The summed E-state index contributed by atoms with van der Waals surface area (Å²) in [5, 5.41) is 4.01. The Hall–Kier alpha value is -4.67. The third-order valence-corrected chi connectivity index (χ3v) is 7.83. The summed E-state index contributed by atoms with van der Waals surface area (Å²) in [6, 6.07) is 10.9. The van der Waals surface area contributed by atoms with Gasteiger partial charge >= 0.3 is 12.1 Å². The minimum atomic E-state index is -0.755. The molecule has 1 aromatic carbocycles. The molecule has 1 aliphatic carbocycles. The first-order valence-electron chi connectivity index (χ1n) is 14.5. The monoisotopic (exact) mass is 584 g/mol. The number of aryl methyl sites for hydroxylation is 1. The molecular formula is C32H36N6O5. The number of fused-ring (bicyclic) bond motifs is 2. The predicted molar refractivity (Wildman–Crippen MR) is 161 cm³/mol. The van der Waals surface area contributed by atoms with Gasteiger partial charge in [0, 0.05) is 43.4 Å². The Labute approximate surface area is 249 Å². The second-order valence-electron chi connectivity index (χ2n) is 12.3. The average molecular weight is 585 g/mol. The molecule has 224 valence electrons. The maximum Gasteiger partial charge on any atom is 0.410 e. The third-order valence-electron chi connectivity index (χ3n) is 7.83. The van der Waals surface area contributed by atoms with E-state index in [1.54, 1.807) is 32.9 Å². The second-order valence-corrected chi connectivity index (χ2v) is 12.3. The summed E-state index contributed by atoms with van der Waals surface area (Å²) in [6.07, 6.45) is 4.01. The lowest BCUT2D eigenvalue weighted by Gasteiger charge is -2.24. The predicted octanol–water partition coefficient (Wildman–Crippen LogP) is 4.45. The molecule has 1 N–H and O–H groups in total. The van der Waals surface area contributed by atoms with Crippen molar-refractivity contribution in [2.24, 2.45) is 13.0 Å². The van der Waals surface area contributed by atoms with Gasteiger partial charge in [-0.1, -0.05) is 6.58 Å². The molecular weight excluding hydrogens is 548 g/mol. The van der Waals surface area contributed by atoms with Crippen LogP contribution in [0.5, 0.6) is 0 Å². The molecule has 2 aliphatic rings. The Morgan fingerprint density at radius 3 is 2.65 bits per heavy atom. The van der Waals surface area contributed by atoms with Gasteiger partial charge in [-0.15, -0.1) is 0 Å². The Balaban J connectivity index is 1.26. The fourth-order valence-electron chi connectivity index (χ4n) is 5.54. The number of likely N-dealkylation sites (tertiary alicyclic amines) is 1. The number of benzene rings is 1. The first-order valence-corrected chi connectivity index (χ1v) is 14.5. The highest BCUT2D eigenvalue weighted by molar-refractivity contribution is 5.98. The number of carbonyl (C=O) groups excluding carboxylic acids is 3. The van der Waals surface area contributed by atoms with Gasteiger partial charge in [-0.25, -0.2) is 19.6 Å². The van der Waals surface area contributed by atoms with Crippen LogP contribution in [0.25, 0.3) is 33.6 Å². The maximum absolute atomic E-state index is 13.5. The van der Waals surface area contributed by atoms with Crippen molar-refractivity contribution in [2.45, 2.75) is 57.9 Å². The van der Waals surface area contributed by atoms with E-state index in [-0.39, 0.29) is 19.0 Å². The van der Waals surface area contributed by atoms with Crippen LogP contribution in [0.2, 0.25) is 0 Å². The summed E-state index contributed by atoms with van der Waals surface area (Å²) < 4.78 is 15.3. The summed E-state index contributed by atoms with van der Waals surface area (Å²) in [4.78, 5) is 49.2. The van der Waals surface area contributed by atoms with Gasteiger partial charge < -0.3 is 28.8 Å². The minimum absolute atomic E-state index is 0.0891. The zero-order chi connectivity index (χ0) is 30.5. The Morgan fingerprint density at radius 1 is 1.14 bits per heavy atom. The zero-order valence-corrected chi connectivity index (χ0v) is 24.9. The van der Waals surface area contributed by atoms with E-state index in [4.69, 9.17) is 14.5 Å². The van der Waals surface area contributed by atoms with E-state index in [0.717, 1.165) is 40.7 Å². The van der Waals surface area contributed by atoms with Gasteiger partial charge in [0.1, 0.15) is 17.4 Å². The molecule has 4 heterocycles. The smallest absolute Gasteiger partial charge is 0.410 e. The summed E-state index contributed by atoms with van der Waals surface area (Å²) in [5.41, 5.74) is 3.22. The normalized spacial score (nSPS) is 18.7. The third kappa shape index (κ3) is 5.84. The number of ether oxygens (including phenoxy) is 2. The Bertz CT molecular complexity index is 1740. The van der Waals surface area contributed by atoms with Gasteiger partial charge in [0.25, 0.3) is 5.91 Å². The van der Waals surface area contributed by atoms with Crippen molar-refractivity contribution in [1.82, 2.24) is 29.3 Å². The zero-order valence-electron chi connectivity index (χ0n) is 24.9. The van der Waals surface area contributed by atoms with Crippen LogP contribution in [0.4, 0.5) is 4.79 Å². The van der Waals surface area contributed by atoms with Crippen LogP contribution in [0.1, 0.15) is 44.0 Å². The van der Waals surface area contributed by atoms with Gasteiger partial charge in [-0.3, -0.25) is 4.79 Å². The highest BCUT2D eigenvalue weighted by Gasteiger charge is 2.40. The molecule has 1 aliphatic heterocycles. The quantitative estimate of drug-likeness (QED) is 0.252. The number of amides is 2. The van der Waals surface area contributed by atoms with Crippen molar-refractivity contribution >= 4 is 40.0 Å². The van der Waals surface area contributed by atoms with Crippen molar-refractivity contribution < 1.29 is 23.9 Å². The number of nitrogens with zero attached hydrogens (tertiary/aromatic N) is 5. The van der Waals surface area contributed by atoms with E-state index in [9.17, 15) is 14.4 Å². The van der Waals surface area contributed by atoms with Crippen LogP contribution in [0.3, 0.4) is 0 Å². The summed E-state index contributed by atoms with van der Waals surface area (Å²) in [6.45, 7) is 9.89. The van der Waals surface area contributed by atoms with Crippen LogP contribution in [0.15, 0.2) is 55.3 Å². The number of hydrogen-bond donors (Lipinski definition) is 1. The second kappa shape index (κ2) is 10.9. The number of esters is 1. The fourth-order valence-corrected chi connectivity index (χ4v) is 5.54. The number of pyridine rings is 1. The molecule has 0 unspecified atom stereocenters. The van der Waals surface area contributed by atoms with Gasteiger partial charge in [0.15, 0.2) is 5.82 Å². The van der Waals surface area contributed by atoms with Crippen molar-refractivity contribution in [1.29, 1.82) is 0 Å². The molecule has 0 spiro atoms. The highest BCUT2D eigenvalue weighted by Crippen LogP contribution is 2.36. The van der Waals surface area contributed by atoms with E-state index < -0.39 is 29.8 Å². The van der Waals surface area contributed by atoms with E-state index >= 15 is 0 Å². The van der Waals surface area contributed by atoms with E-state index in [2.05, 4.69) is 33.6 Å². The standard InChI is InChI=1S/C32H36N6O5/c1-6-27(39)42-26-18-37(31(41)43-32(2,3)4)17-23(26)35-30(40)21-11-12-24-22(14-21)34-29(36(24)5)25-15-20-8-7-13-33-28(20)38(25)16-19-9-10-19/h6-8,11-15,19,23,26H,1,9-10,16-18H2,2-5H3,(H,35,40)/t23-,26+/m1/s1. The summed E-state index contributed by atoms with van der Waals surface area (Å²) in [7, 11) is 1.97. The maximum atomic E-state index is 13.5. The molecule has 0 bridgehead atoms. The van der Waals surface area contributed by atoms with Crippen LogP contribution >= 0.6 is 0 Å². The fraction of sp³-hybridized carbons (Fsp3) is 0.406. The molecule has 2 atom stereocenters. The van der Waals surface area contributed by atoms with Crippen LogP contribution in [-0.4, -0.2) is 72.8 Å². The first kappa shape index (κ1) is 28.4. The number of nitrogens with one attached hydrogen (secondary N) is 1. The topological polar surface area (TPSA) is 121 Å². The molecule has 4 aromatic rings. The lowest BCUT2D eigenvalue weighted by atomic mass is 10.1. The Kier molecular flexibility index (Phi) is 7.19.